The highest BCUT2D eigenvalue weighted by atomic mass is 14.9. The van der Waals surface area contributed by atoms with Gasteiger partial charge in [-0.2, -0.15) is 0 Å². The lowest BCUT2D eigenvalue weighted by molar-refractivity contribution is 0.484. The Bertz CT molecular complexity index is 494. The van der Waals surface area contributed by atoms with Crippen LogP contribution in [0.15, 0.2) is 36.5 Å². The topological polar surface area (TPSA) is 24.9 Å². The van der Waals surface area contributed by atoms with Crippen molar-refractivity contribution in [3.8, 4) is 0 Å². The van der Waals surface area contributed by atoms with Gasteiger partial charge >= 0.3 is 0 Å². The van der Waals surface area contributed by atoms with Gasteiger partial charge in [0.1, 0.15) is 0 Å². The lowest BCUT2D eigenvalue weighted by Gasteiger charge is -2.20. The van der Waals surface area contributed by atoms with Crippen molar-refractivity contribution in [2.24, 2.45) is 0 Å². The maximum atomic E-state index is 4.46. The van der Waals surface area contributed by atoms with Gasteiger partial charge in [-0.1, -0.05) is 44.9 Å². The minimum atomic E-state index is 0.452. The van der Waals surface area contributed by atoms with E-state index in [9.17, 15) is 0 Å². The molecule has 1 heterocycles. The first kappa shape index (κ1) is 14.0. The Kier molecular flexibility index (Phi) is 5.34. The summed E-state index contributed by atoms with van der Waals surface area (Å²) in [6.07, 6.45) is 6.81. The van der Waals surface area contributed by atoms with Crippen molar-refractivity contribution in [1.29, 1.82) is 0 Å². The Labute approximate surface area is 116 Å². The lowest BCUT2D eigenvalue weighted by atomic mass is 9.97. The van der Waals surface area contributed by atoms with E-state index in [-0.39, 0.29) is 0 Å². The summed E-state index contributed by atoms with van der Waals surface area (Å²) in [6, 6.07) is 11.1. The van der Waals surface area contributed by atoms with Crippen LogP contribution in [0, 0.1) is 0 Å². The minimum absolute atomic E-state index is 0.452. The maximum Gasteiger partial charge on any atom is 0.0705 e. The number of benzene rings is 1. The van der Waals surface area contributed by atoms with Crippen LogP contribution in [0.5, 0.6) is 0 Å². The van der Waals surface area contributed by atoms with Crippen molar-refractivity contribution in [3.63, 3.8) is 0 Å². The van der Waals surface area contributed by atoms with Gasteiger partial charge in [-0.05, 0) is 37.1 Å². The first-order valence-electron chi connectivity index (χ1n) is 7.43. The molecule has 2 aromatic rings. The van der Waals surface area contributed by atoms with E-state index in [1.807, 2.05) is 6.20 Å². The molecular weight excluding hydrogens is 232 g/mol. The number of hydrogen-bond donors (Lipinski definition) is 1. The predicted molar refractivity (Wildman–Crippen MR) is 82.3 cm³/mol. The van der Waals surface area contributed by atoms with Gasteiger partial charge in [-0.3, -0.25) is 4.98 Å². The summed E-state index contributed by atoms with van der Waals surface area (Å²) < 4.78 is 0. The van der Waals surface area contributed by atoms with Gasteiger partial charge in [0.15, 0.2) is 0 Å². The monoisotopic (exact) mass is 256 g/mol. The van der Waals surface area contributed by atoms with Crippen LogP contribution in [0.4, 0.5) is 0 Å². The molecule has 1 atom stereocenters. The van der Waals surface area contributed by atoms with E-state index in [0.29, 0.717) is 6.04 Å². The Morgan fingerprint density at radius 3 is 2.74 bits per heavy atom. The molecule has 0 saturated carbocycles. The summed E-state index contributed by atoms with van der Waals surface area (Å²) in [5.41, 5.74) is 2.49. The summed E-state index contributed by atoms with van der Waals surface area (Å²) in [4.78, 5) is 4.46. The number of rotatable bonds is 7. The second kappa shape index (κ2) is 7.25. The fourth-order valence-corrected chi connectivity index (χ4v) is 2.52. The number of nitrogens with one attached hydrogen (secondary N) is 1. The zero-order valence-electron chi connectivity index (χ0n) is 12.0. The lowest BCUT2D eigenvalue weighted by Crippen LogP contribution is -2.22. The summed E-state index contributed by atoms with van der Waals surface area (Å²) in [7, 11) is 0. The summed E-state index contributed by atoms with van der Waals surface area (Å²) >= 11 is 0. The van der Waals surface area contributed by atoms with E-state index < -0.39 is 0 Å². The molecule has 0 aliphatic carbocycles. The molecule has 2 rings (SSSR count). The largest absolute Gasteiger partial charge is 0.310 e. The minimum Gasteiger partial charge on any atom is -0.310 e. The Hall–Kier alpha value is -1.41. The van der Waals surface area contributed by atoms with Crippen LogP contribution in [0.3, 0.4) is 0 Å². The zero-order valence-corrected chi connectivity index (χ0v) is 12.0. The third-order valence-corrected chi connectivity index (χ3v) is 3.55. The highest BCUT2D eigenvalue weighted by Crippen LogP contribution is 2.26. The van der Waals surface area contributed by atoms with Gasteiger partial charge in [0.05, 0.1) is 5.52 Å². The first-order valence-corrected chi connectivity index (χ1v) is 7.43. The summed E-state index contributed by atoms with van der Waals surface area (Å²) in [5.74, 6) is 0. The van der Waals surface area contributed by atoms with Gasteiger partial charge in [0.25, 0.3) is 0 Å². The number of aromatic nitrogens is 1. The summed E-state index contributed by atoms with van der Waals surface area (Å²) in [6.45, 7) is 5.54. The number of hydrogen-bond acceptors (Lipinski definition) is 2. The standard InChI is InChI=1S/C17H24N2/c1-3-5-9-16(18-12-4-2)15-11-13-19-17-10-7-6-8-14(15)17/h6-8,10-11,13,16,18H,3-5,9,12H2,1-2H3. The highest BCUT2D eigenvalue weighted by Gasteiger charge is 2.13. The normalized spacial score (nSPS) is 12.7. The van der Waals surface area contributed by atoms with E-state index in [1.165, 1.54) is 36.6 Å². The van der Waals surface area contributed by atoms with Crippen molar-refractivity contribution in [2.75, 3.05) is 6.54 Å². The second-order valence-electron chi connectivity index (χ2n) is 5.07. The molecule has 19 heavy (non-hydrogen) atoms. The number of fused-ring (bicyclic) bond motifs is 1. The van der Waals surface area contributed by atoms with Crippen LogP contribution in [0.2, 0.25) is 0 Å². The van der Waals surface area contributed by atoms with E-state index in [0.717, 1.165) is 12.1 Å². The van der Waals surface area contributed by atoms with Gasteiger partial charge in [-0.15, -0.1) is 0 Å². The molecule has 0 saturated heterocycles. The highest BCUT2D eigenvalue weighted by molar-refractivity contribution is 5.82. The van der Waals surface area contributed by atoms with Gasteiger partial charge in [-0.25, -0.2) is 0 Å². The molecule has 0 bridgehead atoms. The van der Waals surface area contributed by atoms with Crippen LogP contribution >= 0.6 is 0 Å². The molecule has 0 radical (unpaired) electrons. The van der Waals surface area contributed by atoms with Crippen LogP contribution in [-0.4, -0.2) is 11.5 Å². The molecule has 0 aliphatic rings. The van der Waals surface area contributed by atoms with Crippen molar-refractivity contribution in [1.82, 2.24) is 10.3 Å². The fraction of sp³-hybridized carbons (Fsp3) is 0.471. The smallest absolute Gasteiger partial charge is 0.0705 e. The van der Waals surface area contributed by atoms with Crippen molar-refractivity contribution in [2.45, 2.75) is 45.6 Å². The SMILES string of the molecule is CCCCC(NCCC)c1ccnc2ccccc12. The molecule has 102 valence electrons. The van der Waals surface area contributed by atoms with Gasteiger partial charge in [0, 0.05) is 17.6 Å². The molecule has 2 heteroatoms. The molecule has 0 aliphatic heterocycles. The Morgan fingerprint density at radius 1 is 1.11 bits per heavy atom. The Balaban J connectivity index is 2.31. The maximum absolute atomic E-state index is 4.46. The van der Waals surface area contributed by atoms with Crippen LogP contribution in [0.1, 0.15) is 51.1 Å². The number of unbranched alkanes of at least 4 members (excludes halogenated alkanes) is 1. The molecule has 0 amide bonds. The van der Waals surface area contributed by atoms with Crippen molar-refractivity contribution < 1.29 is 0 Å². The molecule has 1 aromatic heterocycles. The summed E-state index contributed by atoms with van der Waals surface area (Å²) in [5, 5.41) is 4.97. The van der Waals surface area contributed by atoms with E-state index in [2.05, 4.69) is 54.5 Å². The molecule has 1 unspecified atom stereocenters. The molecule has 1 N–H and O–H groups in total. The molecule has 0 spiro atoms. The Morgan fingerprint density at radius 2 is 1.95 bits per heavy atom. The van der Waals surface area contributed by atoms with Crippen molar-refractivity contribution >= 4 is 10.9 Å². The zero-order chi connectivity index (χ0) is 13.5. The third kappa shape index (κ3) is 3.54. The van der Waals surface area contributed by atoms with E-state index in [4.69, 9.17) is 0 Å². The second-order valence-corrected chi connectivity index (χ2v) is 5.07. The molecule has 1 aromatic carbocycles. The third-order valence-electron chi connectivity index (χ3n) is 3.55. The van der Waals surface area contributed by atoms with Crippen LogP contribution < -0.4 is 5.32 Å². The van der Waals surface area contributed by atoms with E-state index >= 15 is 0 Å². The van der Waals surface area contributed by atoms with Crippen LogP contribution in [0.25, 0.3) is 10.9 Å². The quantitative estimate of drug-likeness (QED) is 0.790. The van der Waals surface area contributed by atoms with Crippen molar-refractivity contribution in [3.05, 3.63) is 42.1 Å². The molecule has 0 fully saturated rings. The fourth-order valence-electron chi connectivity index (χ4n) is 2.52. The number of nitrogens with zero attached hydrogens (tertiary/aromatic N) is 1. The number of para-hydroxylation sites is 1. The molecule has 2 nitrogen and oxygen atoms in total. The first-order chi connectivity index (χ1) is 9.36. The average molecular weight is 256 g/mol. The predicted octanol–water partition coefficient (Wildman–Crippen LogP) is 4.47. The molecular formula is C17H24N2. The van der Waals surface area contributed by atoms with Gasteiger partial charge in [0.2, 0.25) is 0 Å². The van der Waals surface area contributed by atoms with Crippen LogP contribution in [-0.2, 0) is 0 Å². The average Bonchev–Trinajstić information content (AvgIpc) is 2.47. The number of pyridine rings is 1. The van der Waals surface area contributed by atoms with E-state index in [1.54, 1.807) is 0 Å². The van der Waals surface area contributed by atoms with Gasteiger partial charge < -0.3 is 5.32 Å².